The van der Waals surface area contributed by atoms with Crippen LogP contribution in [0.4, 0.5) is 0 Å². The summed E-state index contributed by atoms with van der Waals surface area (Å²) in [4.78, 5) is 0. The van der Waals surface area contributed by atoms with Gasteiger partial charge in [0.1, 0.15) is 0 Å². The van der Waals surface area contributed by atoms with Gasteiger partial charge in [-0.1, -0.05) is 84.5 Å². The van der Waals surface area contributed by atoms with Crippen LogP contribution in [-0.4, -0.2) is 20.8 Å². The van der Waals surface area contributed by atoms with Crippen molar-refractivity contribution in [3.63, 3.8) is 0 Å². The van der Waals surface area contributed by atoms with Gasteiger partial charge in [-0.3, -0.25) is 4.18 Å². The molecule has 0 saturated heterocycles. The van der Waals surface area contributed by atoms with Crippen LogP contribution in [-0.2, 0) is 14.3 Å². The van der Waals surface area contributed by atoms with Crippen LogP contribution >= 0.6 is 0 Å². The highest BCUT2D eigenvalue weighted by molar-refractivity contribution is 7.86. The summed E-state index contributed by atoms with van der Waals surface area (Å²) in [5, 5.41) is 0. The van der Waals surface area contributed by atoms with Crippen molar-refractivity contribution in [3.8, 4) is 0 Å². The van der Waals surface area contributed by atoms with E-state index >= 15 is 0 Å². The molecule has 0 aliphatic heterocycles. The lowest BCUT2D eigenvalue weighted by Gasteiger charge is -2.05. The third-order valence-corrected chi connectivity index (χ3v) is 5.07. The lowest BCUT2D eigenvalue weighted by atomic mass is 10.1. The lowest BCUT2D eigenvalue weighted by molar-refractivity contribution is 0.305. The van der Waals surface area contributed by atoms with Crippen LogP contribution in [0.3, 0.4) is 0 Å². The number of hydrogen-bond acceptors (Lipinski definition) is 3. The molecule has 0 N–H and O–H groups in total. The molecule has 0 saturated carbocycles. The molecule has 0 aliphatic carbocycles. The first-order chi connectivity index (χ1) is 10.1. The number of unbranched alkanes of at least 4 members (excludes halogenated alkanes) is 11. The van der Waals surface area contributed by atoms with Gasteiger partial charge in [0.05, 0.1) is 12.4 Å². The monoisotopic (exact) mass is 320 g/mol. The molecule has 0 unspecified atom stereocenters. The van der Waals surface area contributed by atoms with E-state index in [2.05, 4.69) is 13.8 Å². The fourth-order valence-electron chi connectivity index (χ4n) is 2.36. The normalized spacial score (nSPS) is 11.9. The molecule has 0 aliphatic rings. The molecule has 0 fully saturated rings. The topological polar surface area (TPSA) is 43.4 Å². The average Bonchev–Trinajstić information content (AvgIpc) is 2.45. The predicted octanol–water partition coefficient (Wildman–Crippen LogP) is 5.44. The second kappa shape index (κ2) is 14.8. The Balaban J connectivity index is 3.28. The summed E-state index contributed by atoms with van der Waals surface area (Å²) in [7, 11) is -3.26. The van der Waals surface area contributed by atoms with Crippen molar-refractivity contribution >= 4 is 10.1 Å². The molecule has 0 aromatic heterocycles. The van der Waals surface area contributed by atoms with Gasteiger partial charge in [0.25, 0.3) is 10.1 Å². The third-order valence-electron chi connectivity index (χ3n) is 3.76. The van der Waals surface area contributed by atoms with Crippen LogP contribution in [0.1, 0.15) is 97.3 Å². The molecule has 0 aromatic rings. The van der Waals surface area contributed by atoms with Crippen LogP contribution in [0.25, 0.3) is 0 Å². The van der Waals surface area contributed by atoms with Crippen LogP contribution < -0.4 is 0 Å². The van der Waals surface area contributed by atoms with Crippen LogP contribution in [0, 0.1) is 0 Å². The SMILES string of the molecule is CCCCCCCCCCCCOS(=O)(=O)CCCCC. The summed E-state index contributed by atoms with van der Waals surface area (Å²) in [6.45, 7) is 4.67. The molecular weight excluding hydrogens is 284 g/mol. The third kappa shape index (κ3) is 16.1. The summed E-state index contributed by atoms with van der Waals surface area (Å²) in [5.74, 6) is 0.179. The molecular formula is C17H36O3S. The van der Waals surface area contributed by atoms with E-state index < -0.39 is 10.1 Å². The Morgan fingerprint density at radius 3 is 1.57 bits per heavy atom. The van der Waals surface area contributed by atoms with E-state index in [0.29, 0.717) is 6.61 Å². The molecule has 0 aromatic carbocycles. The van der Waals surface area contributed by atoms with Gasteiger partial charge >= 0.3 is 0 Å². The second-order valence-corrected chi connectivity index (χ2v) is 7.73. The van der Waals surface area contributed by atoms with Crippen molar-refractivity contribution in [2.45, 2.75) is 97.3 Å². The predicted molar refractivity (Wildman–Crippen MR) is 91.1 cm³/mol. The number of hydrogen-bond donors (Lipinski definition) is 0. The summed E-state index contributed by atoms with van der Waals surface area (Å²) in [5.41, 5.74) is 0. The maximum Gasteiger partial charge on any atom is 0.267 e. The van der Waals surface area contributed by atoms with Gasteiger partial charge in [-0.25, -0.2) is 0 Å². The zero-order valence-electron chi connectivity index (χ0n) is 14.2. The Kier molecular flexibility index (Phi) is 14.8. The highest BCUT2D eigenvalue weighted by Gasteiger charge is 2.09. The van der Waals surface area contributed by atoms with Crippen molar-refractivity contribution < 1.29 is 12.6 Å². The van der Waals surface area contributed by atoms with E-state index in [-0.39, 0.29) is 5.75 Å². The van der Waals surface area contributed by atoms with Gasteiger partial charge in [0.15, 0.2) is 0 Å². The molecule has 128 valence electrons. The van der Waals surface area contributed by atoms with Crippen molar-refractivity contribution in [3.05, 3.63) is 0 Å². The van der Waals surface area contributed by atoms with E-state index in [9.17, 15) is 8.42 Å². The van der Waals surface area contributed by atoms with Gasteiger partial charge in [-0.15, -0.1) is 0 Å². The second-order valence-electron chi connectivity index (χ2n) is 5.97. The quantitative estimate of drug-likeness (QED) is 0.281. The van der Waals surface area contributed by atoms with Crippen LogP contribution in [0.15, 0.2) is 0 Å². The molecule has 0 spiro atoms. The van der Waals surface area contributed by atoms with Crippen molar-refractivity contribution in [2.75, 3.05) is 12.4 Å². The molecule has 21 heavy (non-hydrogen) atoms. The summed E-state index contributed by atoms with van der Waals surface area (Å²) in [6.07, 6.45) is 15.2. The zero-order valence-corrected chi connectivity index (χ0v) is 15.1. The minimum Gasteiger partial charge on any atom is -0.270 e. The molecule has 0 radical (unpaired) electrons. The van der Waals surface area contributed by atoms with E-state index in [1.807, 2.05) is 0 Å². The summed E-state index contributed by atoms with van der Waals surface area (Å²) < 4.78 is 28.1. The van der Waals surface area contributed by atoms with E-state index in [1.165, 1.54) is 51.4 Å². The minimum atomic E-state index is -3.26. The van der Waals surface area contributed by atoms with E-state index in [1.54, 1.807) is 0 Å². The smallest absolute Gasteiger partial charge is 0.267 e. The molecule has 0 rings (SSSR count). The minimum absolute atomic E-state index is 0.179. The summed E-state index contributed by atoms with van der Waals surface area (Å²) >= 11 is 0. The maximum atomic E-state index is 11.5. The standard InChI is InChI=1S/C17H36O3S/c1-3-5-7-8-9-10-11-12-13-14-16-20-21(18,19)17-15-6-4-2/h3-17H2,1-2H3. The maximum absolute atomic E-state index is 11.5. The largest absolute Gasteiger partial charge is 0.270 e. The average molecular weight is 321 g/mol. The Hall–Kier alpha value is -0.0900. The zero-order chi connectivity index (χ0) is 15.8. The summed E-state index contributed by atoms with van der Waals surface area (Å²) in [6, 6.07) is 0. The van der Waals surface area contributed by atoms with Crippen molar-refractivity contribution in [2.24, 2.45) is 0 Å². The molecule has 0 amide bonds. The molecule has 0 atom stereocenters. The Bertz CT molecular complexity index is 299. The first-order valence-electron chi connectivity index (χ1n) is 8.99. The highest BCUT2D eigenvalue weighted by atomic mass is 32.2. The Labute approximate surface area is 133 Å². The van der Waals surface area contributed by atoms with Gasteiger partial charge < -0.3 is 0 Å². The lowest BCUT2D eigenvalue weighted by Crippen LogP contribution is -2.11. The van der Waals surface area contributed by atoms with Gasteiger partial charge in [0.2, 0.25) is 0 Å². The fraction of sp³-hybridized carbons (Fsp3) is 1.00. The molecule has 0 bridgehead atoms. The van der Waals surface area contributed by atoms with Crippen molar-refractivity contribution in [1.82, 2.24) is 0 Å². The highest BCUT2D eigenvalue weighted by Crippen LogP contribution is 2.11. The fourth-order valence-corrected chi connectivity index (χ4v) is 3.41. The molecule has 3 nitrogen and oxygen atoms in total. The molecule has 4 heteroatoms. The van der Waals surface area contributed by atoms with E-state index in [4.69, 9.17) is 4.18 Å². The Morgan fingerprint density at radius 1 is 0.619 bits per heavy atom. The van der Waals surface area contributed by atoms with Crippen LogP contribution in [0.5, 0.6) is 0 Å². The van der Waals surface area contributed by atoms with Gasteiger partial charge in [0, 0.05) is 0 Å². The van der Waals surface area contributed by atoms with Crippen LogP contribution in [0.2, 0.25) is 0 Å². The number of rotatable bonds is 16. The van der Waals surface area contributed by atoms with Gasteiger partial charge in [-0.05, 0) is 12.8 Å². The Morgan fingerprint density at radius 2 is 1.05 bits per heavy atom. The molecule has 0 heterocycles. The van der Waals surface area contributed by atoms with Gasteiger partial charge in [-0.2, -0.15) is 8.42 Å². The first-order valence-corrected chi connectivity index (χ1v) is 10.6. The van der Waals surface area contributed by atoms with E-state index in [0.717, 1.165) is 32.1 Å². The first kappa shape index (κ1) is 20.9. The van der Waals surface area contributed by atoms with Crippen molar-refractivity contribution in [1.29, 1.82) is 0 Å².